The average molecular weight is 399 g/mol. The molecule has 0 aliphatic carbocycles. The summed E-state index contributed by atoms with van der Waals surface area (Å²) in [6.07, 6.45) is -2.35. The maximum absolute atomic E-state index is 13.1. The van der Waals surface area contributed by atoms with E-state index in [0.29, 0.717) is 18.4 Å². The van der Waals surface area contributed by atoms with Crippen molar-refractivity contribution in [3.63, 3.8) is 0 Å². The molecule has 0 unspecified atom stereocenters. The van der Waals surface area contributed by atoms with Crippen LogP contribution < -0.4 is 5.32 Å². The van der Waals surface area contributed by atoms with Crippen LogP contribution in [0.25, 0.3) is 0 Å². The number of halogens is 3. The molecule has 3 rings (SSSR count). The van der Waals surface area contributed by atoms with Crippen LogP contribution in [0.15, 0.2) is 48.7 Å². The predicted molar refractivity (Wildman–Crippen MR) is 96.5 cm³/mol. The van der Waals surface area contributed by atoms with Gasteiger partial charge in [-0.25, -0.2) is 17.7 Å². The topological polar surface area (TPSA) is 62.3 Å². The lowest BCUT2D eigenvalue weighted by atomic mass is 10.1. The third-order valence-corrected chi connectivity index (χ3v) is 6.34. The lowest BCUT2D eigenvalue weighted by molar-refractivity contribution is -0.137. The number of rotatable bonds is 5. The van der Waals surface area contributed by atoms with Gasteiger partial charge >= 0.3 is 6.18 Å². The summed E-state index contributed by atoms with van der Waals surface area (Å²) < 4.78 is 65.7. The van der Waals surface area contributed by atoms with E-state index in [-0.39, 0.29) is 30.7 Å². The summed E-state index contributed by atoms with van der Waals surface area (Å²) in [7, 11) is -3.45. The average Bonchev–Trinajstić information content (AvgIpc) is 2.62. The summed E-state index contributed by atoms with van der Waals surface area (Å²) in [6, 6.07) is 10.9. The maximum Gasteiger partial charge on any atom is 0.419 e. The SMILES string of the molecule is O=S(=O)(Cc1ccccc1)N1CCC(Nc2ncccc2C(F)(F)F)CC1. The van der Waals surface area contributed by atoms with Gasteiger partial charge in [-0.1, -0.05) is 30.3 Å². The third kappa shape index (κ3) is 4.98. The minimum atomic E-state index is -4.49. The first-order valence-corrected chi connectivity index (χ1v) is 10.2. The molecule has 0 radical (unpaired) electrons. The molecule has 1 aliphatic heterocycles. The molecule has 1 fully saturated rings. The fourth-order valence-electron chi connectivity index (χ4n) is 3.10. The van der Waals surface area contributed by atoms with E-state index in [0.717, 1.165) is 6.07 Å². The van der Waals surface area contributed by atoms with Gasteiger partial charge in [-0.3, -0.25) is 0 Å². The highest BCUT2D eigenvalue weighted by atomic mass is 32.2. The van der Waals surface area contributed by atoms with Crippen LogP contribution >= 0.6 is 0 Å². The Labute approximate surface area is 156 Å². The van der Waals surface area contributed by atoms with Crippen molar-refractivity contribution in [3.05, 3.63) is 59.8 Å². The molecule has 1 aromatic carbocycles. The van der Waals surface area contributed by atoms with Gasteiger partial charge in [0.15, 0.2) is 0 Å². The van der Waals surface area contributed by atoms with E-state index in [1.807, 2.05) is 6.07 Å². The molecular formula is C18H20F3N3O2S. The van der Waals surface area contributed by atoms with Gasteiger partial charge in [-0.2, -0.15) is 13.2 Å². The van der Waals surface area contributed by atoms with Crippen molar-refractivity contribution in [3.8, 4) is 0 Å². The van der Waals surface area contributed by atoms with Crippen molar-refractivity contribution in [2.45, 2.75) is 30.8 Å². The first-order chi connectivity index (χ1) is 12.8. The molecule has 146 valence electrons. The number of anilines is 1. The molecule has 27 heavy (non-hydrogen) atoms. The van der Waals surface area contributed by atoms with Gasteiger partial charge in [0.1, 0.15) is 5.82 Å². The van der Waals surface area contributed by atoms with Gasteiger partial charge in [-0.05, 0) is 30.5 Å². The molecule has 0 amide bonds. The molecule has 0 spiro atoms. The number of aromatic nitrogens is 1. The van der Waals surface area contributed by atoms with Gasteiger partial charge in [0.2, 0.25) is 10.0 Å². The summed E-state index contributed by atoms with van der Waals surface area (Å²) in [4.78, 5) is 3.80. The third-order valence-electron chi connectivity index (χ3n) is 4.49. The van der Waals surface area contributed by atoms with Crippen molar-refractivity contribution in [2.24, 2.45) is 0 Å². The second-order valence-electron chi connectivity index (χ2n) is 6.46. The van der Waals surface area contributed by atoms with E-state index in [1.54, 1.807) is 24.3 Å². The van der Waals surface area contributed by atoms with Crippen LogP contribution in [-0.2, 0) is 22.0 Å². The van der Waals surface area contributed by atoms with Gasteiger partial charge in [-0.15, -0.1) is 0 Å². The first kappa shape index (κ1) is 19.6. The standard InChI is InChI=1S/C18H20F3N3O2S/c19-18(20,21)16-7-4-10-22-17(16)23-15-8-11-24(12-9-15)27(25,26)13-14-5-2-1-3-6-14/h1-7,10,15H,8-9,11-13H2,(H,22,23). The van der Waals surface area contributed by atoms with E-state index in [1.165, 1.54) is 16.6 Å². The zero-order valence-electron chi connectivity index (χ0n) is 14.5. The Morgan fingerprint density at radius 3 is 2.37 bits per heavy atom. The zero-order valence-corrected chi connectivity index (χ0v) is 15.3. The van der Waals surface area contributed by atoms with Crippen molar-refractivity contribution in [1.29, 1.82) is 0 Å². The smallest absolute Gasteiger partial charge is 0.367 e. The Morgan fingerprint density at radius 2 is 1.74 bits per heavy atom. The number of hydrogen-bond acceptors (Lipinski definition) is 4. The normalized spacial score (nSPS) is 17.0. The zero-order chi connectivity index (χ0) is 19.5. The molecule has 1 N–H and O–H groups in total. The van der Waals surface area contributed by atoms with Gasteiger partial charge < -0.3 is 5.32 Å². The van der Waals surface area contributed by atoms with Gasteiger partial charge in [0, 0.05) is 25.3 Å². The largest absolute Gasteiger partial charge is 0.419 e. The quantitative estimate of drug-likeness (QED) is 0.836. The molecular weight excluding hydrogens is 379 g/mol. The van der Waals surface area contributed by atoms with Crippen molar-refractivity contribution in [2.75, 3.05) is 18.4 Å². The first-order valence-electron chi connectivity index (χ1n) is 8.56. The lowest BCUT2D eigenvalue weighted by Gasteiger charge is -2.32. The van der Waals surface area contributed by atoms with Gasteiger partial charge in [0.05, 0.1) is 11.3 Å². The highest BCUT2D eigenvalue weighted by Crippen LogP contribution is 2.34. The Morgan fingerprint density at radius 1 is 1.07 bits per heavy atom. The second kappa shape index (κ2) is 7.85. The number of piperidine rings is 1. The number of pyridine rings is 1. The van der Waals surface area contributed by atoms with E-state index in [9.17, 15) is 21.6 Å². The molecule has 0 atom stereocenters. The van der Waals surface area contributed by atoms with E-state index in [4.69, 9.17) is 0 Å². The van der Waals surface area contributed by atoms with Crippen LogP contribution in [0, 0.1) is 0 Å². The van der Waals surface area contributed by atoms with Crippen LogP contribution in [0.2, 0.25) is 0 Å². The minimum Gasteiger partial charge on any atom is -0.367 e. The summed E-state index contributed by atoms with van der Waals surface area (Å²) in [5.74, 6) is -0.291. The molecule has 1 aliphatic rings. The van der Waals surface area contributed by atoms with Crippen LogP contribution in [0.1, 0.15) is 24.0 Å². The molecule has 1 aromatic heterocycles. The van der Waals surface area contributed by atoms with Crippen LogP contribution in [0.5, 0.6) is 0 Å². The monoisotopic (exact) mass is 399 g/mol. The Kier molecular flexibility index (Phi) is 5.71. The van der Waals surface area contributed by atoms with Crippen molar-refractivity contribution >= 4 is 15.8 Å². The number of nitrogens with one attached hydrogen (secondary N) is 1. The fourth-order valence-corrected chi connectivity index (χ4v) is 4.66. The Bertz CT molecular complexity index is 865. The lowest BCUT2D eigenvalue weighted by Crippen LogP contribution is -2.43. The number of alkyl halides is 3. The number of hydrogen-bond donors (Lipinski definition) is 1. The highest BCUT2D eigenvalue weighted by Gasteiger charge is 2.35. The van der Waals surface area contributed by atoms with E-state index in [2.05, 4.69) is 10.3 Å². The number of nitrogens with zero attached hydrogens (tertiary/aromatic N) is 2. The summed E-state index contributed by atoms with van der Waals surface area (Å²) in [5, 5.41) is 2.83. The fraction of sp³-hybridized carbons (Fsp3) is 0.389. The number of benzene rings is 1. The molecule has 1 saturated heterocycles. The Balaban J connectivity index is 1.61. The van der Waals surface area contributed by atoms with E-state index >= 15 is 0 Å². The Hall–Kier alpha value is -2.13. The van der Waals surface area contributed by atoms with Gasteiger partial charge in [0.25, 0.3) is 0 Å². The predicted octanol–water partition coefficient (Wildman–Crippen LogP) is 3.51. The highest BCUT2D eigenvalue weighted by molar-refractivity contribution is 7.88. The summed E-state index contributed by atoms with van der Waals surface area (Å²) >= 11 is 0. The van der Waals surface area contributed by atoms with Crippen molar-refractivity contribution < 1.29 is 21.6 Å². The molecule has 5 nitrogen and oxygen atoms in total. The second-order valence-corrected chi connectivity index (χ2v) is 8.43. The maximum atomic E-state index is 13.1. The van der Waals surface area contributed by atoms with Crippen LogP contribution in [0.3, 0.4) is 0 Å². The molecule has 9 heteroatoms. The molecule has 2 heterocycles. The minimum absolute atomic E-state index is 0.0790. The molecule has 0 bridgehead atoms. The molecule has 2 aromatic rings. The van der Waals surface area contributed by atoms with Crippen molar-refractivity contribution in [1.82, 2.24) is 9.29 Å². The summed E-state index contributed by atoms with van der Waals surface area (Å²) in [6.45, 7) is 0.530. The van der Waals surface area contributed by atoms with E-state index < -0.39 is 21.8 Å². The van der Waals surface area contributed by atoms with Crippen LogP contribution in [0.4, 0.5) is 19.0 Å². The summed E-state index contributed by atoms with van der Waals surface area (Å²) in [5.41, 5.74) is -0.106. The van der Waals surface area contributed by atoms with Crippen LogP contribution in [-0.4, -0.2) is 36.8 Å². The molecule has 0 saturated carbocycles. The number of sulfonamides is 1.